The van der Waals surface area contributed by atoms with E-state index in [1.54, 1.807) is 0 Å². The second-order valence-corrected chi connectivity index (χ2v) is 3.66. The molecule has 0 saturated heterocycles. The van der Waals surface area contributed by atoms with E-state index in [4.69, 9.17) is 5.11 Å². The van der Waals surface area contributed by atoms with Gasteiger partial charge in [-0.3, -0.25) is 4.98 Å². The predicted octanol–water partition coefficient (Wildman–Crippen LogP) is 2.97. The van der Waals surface area contributed by atoms with E-state index in [2.05, 4.69) is 17.1 Å². The van der Waals surface area contributed by atoms with Gasteiger partial charge in [0.15, 0.2) is 0 Å². The maximum absolute atomic E-state index is 8.74. The zero-order chi connectivity index (χ0) is 10.5. The Balaban J connectivity index is 0.00000128. The molecule has 1 heterocycles. The van der Waals surface area contributed by atoms with Crippen molar-refractivity contribution in [2.24, 2.45) is 0 Å². The SMILES string of the molecule is Cl.OCCCCc1nccc2ccccc12. The summed E-state index contributed by atoms with van der Waals surface area (Å²) in [6.07, 6.45) is 4.65. The molecule has 2 aromatic rings. The Kier molecular flexibility index (Phi) is 5.23. The zero-order valence-electron chi connectivity index (χ0n) is 9.10. The molecule has 0 fully saturated rings. The van der Waals surface area contributed by atoms with Crippen molar-refractivity contribution in [2.45, 2.75) is 19.3 Å². The molecular formula is C13H16ClNO. The molecule has 0 atom stereocenters. The highest BCUT2D eigenvalue weighted by molar-refractivity contribution is 5.85. The lowest BCUT2D eigenvalue weighted by atomic mass is 10.1. The molecule has 0 amide bonds. The quantitative estimate of drug-likeness (QED) is 0.830. The van der Waals surface area contributed by atoms with Crippen molar-refractivity contribution in [3.63, 3.8) is 0 Å². The van der Waals surface area contributed by atoms with Gasteiger partial charge < -0.3 is 5.11 Å². The molecule has 2 nitrogen and oxygen atoms in total. The Morgan fingerprint density at radius 2 is 1.88 bits per heavy atom. The summed E-state index contributed by atoms with van der Waals surface area (Å²) in [7, 11) is 0. The predicted molar refractivity (Wildman–Crippen MR) is 69.0 cm³/mol. The van der Waals surface area contributed by atoms with Crippen molar-refractivity contribution in [3.8, 4) is 0 Å². The maximum Gasteiger partial charge on any atom is 0.0481 e. The summed E-state index contributed by atoms with van der Waals surface area (Å²) in [5.41, 5.74) is 1.14. The average molecular weight is 238 g/mol. The third-order valence-electron chi connectivity index (χ3n) is 2.58. The van der Waals surface area contributed by atoms with Gasteiger partial charge in [-0.25, -0.2) is 0 Å². The number of halogens is 1. The fraction of sp³-hybridized carbons (Fsp3) is 0.308. The van der Waals surface area contributed by atoms with E-state index >= 15 is 0 Å². The van der Waals surface area contributed by atoms with E-state index in [1.807, 2.05) is 24.4 Å². The molecule has 0 radical (unpaired) electrons. The highest BCUT2D eigenvalue weighted by Gasteiger charge is 2.00. The van der Waals surface area contributed by atoms with Gasteiger partial charge in [-0.05, 0) is 30.7 Å². The largest absolute Gasteiger partial charge is 0.396 e. The van der Waals surface area contributed by atoms with Crippen molar-refractivity contribution in [1.29, 1.82) is 0 Å². The lowest BCUT2D eigenvalue weighted by Gasteiger charge is -2.04. The highest BCUT2D eigenvalue weighted by Crippen LogP contribution is 2.17. The maximum atomic E-state index is 8.74. The number of aryl methyl sites for hydroxylation is 1. The van der Waals surface area contributed by atoms with Crippen molar-refractivity contribution in [3.05, 3.63) is 42.2 Å². The van der Waals surface area contributed by atoms with Gasteiger partial charge in [0.1, 0.15) is 0 Å². The Bertz CT molecular complexity index is 439. The number of pyridine rings is 1. The Morgan fingerprint density at radius 3 is 2.69 bits per heavy atom. The summed E-state index contributed by atoms with van der Waals surface area (Å²) in [5, 5.41) is 11.2. The normalized spacial score (nSPS) is 10.1. The van der Waals surface area contributed by atoms with Gasteiger partial charge in [-0.1, -0.05) is 24.3 Å². The molecule has 0 spiro atoms. The van der Waals surface area contributed by atoms with E-state index < -0.39 is 0 Å². The van der Waals surface area contributed by atoms with Crippen molar-refractivity contribution >= 4 is 23.2 Å². The molecule has 1 aromatic carbocycles. The van der Waals surface area contributed by atoms with Crippen LogP contribution in [-0.2, 0) is 6.42 Å². The van der Waals surface area contributed by atoms with Crippen LogP contribution in [0.4, 0.5) is 0 Å². The van der Waals surface area contributed by atoms with Gasteiger partial charge >= 0.3 is 0 Å². The molecule has 0 aliphatic rings. The zero-order valence-corrected chi connectivity index (χ0v) is 9.91. The number of hydrogen-bond acceptors (Lipinski definition) is 2. The Morgan fingerprint density at radius 1 is 1.06 bits per heavy atom. The molecule has 0 bridgehead atoms. The standard InChI is InChI=1S/C13H15NO.ClH/c15-10-4-3-7-13-12-6-2-1-5-11(12)8-9-14-13;/h1-2,5-6,8-9,15H,3-4,7,10H2;1H. The van der Waals surface area contributed by atoms with Crippen LogP contribution in [0.2, 0.25) is 0 Å². The number of nitrogens with zero attached hydrogens (tertiary/aromatic N) is 1. The van der Waals surface area contributed by atoms with Crippen LogP contribution in [-0.4, -0.2) is 16.7 Å². The van der Waals surface area contributed by atoms with Crippen LogP contribution in [0, 0.1) is 0 Å². The van der Waals surface area contributed by atoms with Crippen LogP contribution in [0.15, 0.2) is 36.5 Å². The fourth-order valence-corrected chi connectivity index (χ4v) is 1.79. The molecule has 0 aliphatic carbocycles. The van der Waals surface area contributed by atoms with Crippen LogP contribution in [0.3, 0.4) is 0 Å². The highest BCUT2D eigenvalue weighted by atomic mass is 35.5. The molecule has 16 heavy (non-hydrogen) atoms. The second-order valence-electron chi connectivity index (χ2n) is 3.66. The first-order chi connectivity index (χ1) is 7.42. The fourth-order valence-electron chi connectivity index (χ4n) is 1.79. The number of aliphatic hydroxyl groups is 1. The number of unbranched alkanes of at least 4 members (excludes halogenated alkanes) is 1. The van der Waals surface area contributed by atoms with Gasteiger partial charge in [-0.15, -0.1) is 12.4 Å². The third-order valence-corrected chi connectivity index (χ3v) is 2.58. The number of aliphatic hydroxyl groups excluding tert-OH is 1. The molecule has 3 heteroatoms. The third kappa shape index (κ3) is 2.94. The molecule has 0 unspecified atom stereocenters. The first kappa shape index (κ1) is 12.9. The molecule has 0 saturated carbocycles. The van der Waals surface area contributed by atoms with Crippen molar-refractivity contribution < 1.29 is 5.11 Å². The summed E-state index contributed by atoms with van der Waals surface area (Å²) in [6.45, 7) is 0.269. The lowest BCUT2D eigenvalue weighted by Crippen LogP contribution is -1.93. The first-order valence-corrected chi connectivity index (χ1v) is 5.35. The van der Waals surface area contributed by atoms with Gasteiger partial charge in [0.25, 0.3) is 0 Å². The summed E-state index contributed by atoms with van der Waals surface area (Å²) >= 11 is 0. The lowest BCUT2D eigenvalue weighted by molar-refractivity contribution is 0.284. The van der Waals surface area contributed by atoms with Crippen LogP contribution in [0.25, 0.3) is 10.8 Å². The van der Waals surface area contributed by atoms with Crippen LogP contribution in [0.5, 0.6) is 0 Å². The monoisotopic (exact) mass is 237 g/mol. The second kappa shape index (κ2) is 6.46. The summed E-state index contributed by atoms with van der Waals surface area (Å²) in [6, 6.07) is 10.3. The van der Waals surface area contributed by atoms with Gasteiger partial charge in [0.05, 0.1) is 0 Å². The summed E-state index contributed by atoms with van der Waals surface area (Å²) in [5.74, 6) is 0. The Labute approximate surface area is 102 Å². The minimum absolute atomic E-state index is 0. The van der Waals surface area contributed by atoms with Crippen LogP contribution in [0.1, 0.15) is 18.5 Å². The molecule has 1 N–H and O–H groups in total. The minimum atomic E-state index is 0. The molecule has 2 rings (SSSR count). The van der Waals surface area contributed by atoms with Crippen molar-refractivity contribution in [1.82, 2.24) is 4.98 Å². The van der Waals surface area contributed by atoms with E-state index in [-0.39, 0.29) is 19.0 Å². The topological polar surface area (TPSA) is 33.1 Å². The summed E-state index contributed by atoms with van der Waals surface area (Å²) < 4.78 is 0. The number of fused-ring (bicyclic) bond motifs is 1. The van der Waals surface area contributed by atoms with Crippen LogP contribution < -0.4 is 0 Å². The molecular weight excluding hydrogens is 222 g/mol. The Hall–Kier alpha value is -1.12. The first-order valence-electron chi connectivity index (χ1n) is 5.35. The van der Waals surface area contributed by atoms with Gasteiger partial charge in [-0.2, -0.15) is 0 Å². The van der Waals surface area contributed by atoms with Gasteiger partial charge in [0, 0.05) is 23.9 Å². The summed E-state index contributed by atoms with van der Waals surface area (Å²) in [4.78, 5) is 4.40. The van der Waals surface area contributed by atoms with E-state index in [0.29, 0.717) is 0 Å². The molecule has 0 aliphatic heterocycles. The van der Waals surface area contributed by atoms with E-state index in [0.717, 1.165) is 25.0 Å². The van der Waals surface area contributed by atoms with E-state index in [1.165, 1.54) is 10.8 Å². The average Bonchev–Trinajstić information content (AvgIpc) is 2.30. The van der Waals surface area contributed by atoms with Gasteiger partial charge in [0.2, 0.25) is 0 Å². The van der Waals surface area contributed by atoms with E-state index in [9.17, 15) is 0 Å². The molecule has 1 aromatic heterocycles. The van der Waals surface area contributed by atoms with Crippen LogP contribution >= 0.6 is 12.4 Å². The minimum Gasteiger partial charge on any atom is -0.396 e. The number of hydrogen-bond donors (Lipinski definition) is 1. The number of rotatable bonds is 4. The number of benzene rings is 1. The molecule has 86 valence electrons. The smallest absolute Gasteiger partial charge is 0.0481 e. The number of aromatic nitrogens is 1. The van der Waals surface area contributed by atoms with Crippen molar-refractivity contribution in [2.75, 3.05) is 6.61 Å².